The molecule has 0 fully saturated rings. The Balaban J connectivity index is 2.39. The molecule has 0 spiro atoms. The number of alkyl halides is 2. The first-order chi connectivity index (χ1) is 8.00. The smallest absolute Gasteiger partial charge is 0.311 e. The Morgan fingerprint density at radius 1 is 1.35 bits per heavy atom. The molecule has 88 valence electrons. The number of ketones is 1. The van der Waals surface area contributed by atoms with Crippen LogP contribution in [0.1, 0.15) is 22.5 Å². The predicted octanol–water partition coefficient (Wildman–Crippen LogP) is 1.39. The van der Waals surface area contributed by atoms with Gasteiger partial charge in [-0.2, -0.15) is 8.78 Å². The number of rotatable bonds is 0. The fourth-order valence-electron chi connectivity index (χ4n) is 2.19. The number of nitrogens with zero attached hydrogens (tertiary/aromatic N) is 1. The molecule has 1 aliphatic rings. The minimum atomic E-state index is -3.33. The van der Waals surface area contributed by atoms with E-state index in [2.05, 4.69) is 4.98 Å². The molecule has 0 aliphatic heterocycles. The summed E-state index contributed by atoms with van der Waals surface area (Å²) in [4.78, 5) is 25.6. The van der Waals surface area contributed by atoms with E-state index in [0.29, 0.717) is 5.56 Å². The number of hydrogen-bond donors (Lipinski definition) is 1. The topological polar surface area (TPSA) is 54.3 Å². The highest BCUT2D eigenvalue weighted by molar-refractivity contribution is 6.03. The van der Waals surface area contributed by atoms with E-state index >= 15 is 0 Å². The SMILES string of the molecule is O=C1c2c(cc3c(=O)[nH]ccn23)CCC1(F)F. The molecule has 4 nitrogen and oxygen atoms in total. The number of carbonyl (C=O) groups is 1. The van der Waals surface area contributed by atoms with Gasteiger partial charge in [-0.1, -0.05) is 0 Å². The molecule has 0 aromatic carbocycles. The number of aryl methyl sites for hydroxylation is 1. The second-order valence-electron chi connectivity index (χ2n) is 4.10. The number of halogens is 2. The molecule has 0 amide bonds. The number of Topliss-reactive ketones (excluding diaryl/α,β-unsaturated/α-hetero) is 1. The molecular formula is C11H8F2N2O2. The van der Waals surface area contributed by atoms with Crippen LogP contribution in [0, 0.1) is 0 Å². The Morgan fingerprint density at radius 3 is 2.88 bits per heavy atom. The Labute approximate surface area is 93.9 Å². The van der Waals surface area contributed by atoms with Crippen LogP contribution >= 0.6 is 0 Å². The molecule has 0 saturated carbocycles. The van der Waals surface area contributed by atoms with Gasteiger partial charge in [-0.3, -0.25) is 9.59 Å². The van der Waals surface area contributed by atoms with Gasteiger partial charge in [-0.05, 0) is 18.1 Å². The molecule has 6 heteroatoms. The van der Waals surface area contributed by atoms with Crippen molar-refractivity contribution in [2.24, 2.45) is 0 Å². The van der Waals surface area contributed by atoms with Crippen LogP contribution in [-0.2, 0) is 6.42 Å². The molecule has 0 radical (unpaired) electrons. The van der Waals surface area contributed by atoms with E-state index in [1.54, 1.807) is 0 Å². The number of hydrogen-bond acceptors (Lipinski definition) is 2. The van der Waals surface area contributed by atoms with Gasteiger partial charge < -0.3 is 9.38 Å². The standard InChI is InChI=1S/C11H8F2N2O2/c12-11(13)2-1-6-5-7-10(17)14-3-4-15(7)8(6)9(11)16/h3-5H,1-2H2,(H,14,17). The minimum absolute atomic E-state index is 0.0673. The Bertz CT molecular complexity index is 684. The van der Waals surface area contributed by atoms with Gasteiger partial charge in [0.2, 0.25) is 5.78 Å². The van der Waals surface area contributed by atoms with Crippen LogP contribution in [0.5, 0.6) is 0 Å². The summed E-state index contributed by atoms with van der Waals surface area (Å²) in [5.41, 5.74) is 0.279. The van der Waals surface area contributed by atoms with Gasteiger partial charge in [0, 0.05) is 18.8 Å². The van der Waals surface area contributed by atoms with Crippen molar-refractivity contribution in [2.75, 3.05) is 0 Å². The Morgan fingerprint density at radius 2 is 2.12 bits per heavy atom. The van der Waals surface area contributed by atoms with Crippen LogP contribution in [0.15, 0.2) is 23.3 Å². The first-order valence-corrected chi connectivity index (χ1v) is 5.15. The number of nitrogens with one attached hydrogen (secondary N) is 1. The molecule has 1 N–H and O–H groups in total. The number of aromatic amines is 1. The molecule has 2 heterocycles. The van der Waals surface area contributed by atoms with E-state index in [-0.39, 0.29) is 17.6 Å². The highest BCUT2D eigenvalue weighted by Gasteiger charge is 2.45. The lowest BCUT2D eigenvalue weighted by molar-refractivity contribution is 0.00141. The summed E-state index contributed by atoms with van der Waals surface area (Å²) in [6.07, 6.45) is 2.35. The van der Waals surface area contributed by atoms with E-state index in [0.717, 1.165) is 0 Å². The van der Waals surface area contributed by atoms with Crippen molar-refractivity contribution < 1.29 is 13.6 Å². The first kappa shape index (κ1) is 10.2. The predicted molar refractivity (Wildman–Crippen MR) is 55.6 cm³/mol. The molecule has 2 aromatic heterocycles. The van der Waals surface area contributed by atoms with Gasteiger partial charge >= 0.3 is 5.92 Å². The van der Waals surface area contributed by atoms with E-state index < -0.39 is 23.7 Å². The maximum absolute atomic E-state index is 13.3. The zero-order valence-electron chi connectivity index (χ0n) is 8.67. The lowest BCUT2D eigenvalue weighted by Crippen LogP contribution is -2.34. The second kappa shape index (κ2) is 3.03. The van der Waals surface area contributed by atoms with Gasteiger partial charge in [0.05, 0.1) is 5.69 Å². The Hall–Kier alpha value is -1.98. The molecule has 0 saturated heterocycles. The number of H-pyrrole nitrogens is 1. The van der Waals surface area contributed by atoms with E-state index in [1.807, 2.05) is 0 Å². The van der Waals surface area contributed by atoms with Crippen LogP contribution in [-0.4, -0.2) is 21.1 Å². The van der Waals surface area contributed by atoms with Crippen molar-refractivity contribution in [3.05, 3.63) is 40.1 Å². The van der Waals surface area contributed by atoms with Crippen molar-refractivity contribution in [1.82, 2.24) is 9.38 Å². The first-order valence-electron chi connectivity index (χ1n) is 5.15. The molecule has 0 bridgehead atoms. The van der Waals surface area contributed by atoms with Gasteiger partial charge in [-0.25, -0.2) is 0 Å². The van der Waals surface area contributed by atoms with E-state index in [4.69, 9.17) is 0 Å². The van der Waals surface area contributed by atoms with Crippen LogP contribution in [0.4, 0.5) is 8.78 Å². The summed E-state index contributed by atoms with van der Waals surface area (Å²) in [6, 6.07) is 1.50. The molecule has 1 aliphatic carbocycles. The number of carbonyl (C=O) groups excluding carboxylic acids is 1. The fraction of sp³-hybridized carbons (Fsp3) is 0.273. The average molecular weight is 238 g/mol. The van der Waals surface area contributed by atoms with Crippen LogP contribution in [0.3, 0.4) is 0 Å². The van der Waals surface area contributed by atoms with Crippen LogP contribution < -0.4 is 5.56 Å². The van der Waals surface area contributed by atoms with E-state index in [9.17, 15) is 18.4 Å². The average Bonchev–Trinajstić information content (AvgIpc) is 2.65. The van der Waals surface area contributed by atoms with Crippen molar-refractivity contribution in [1.29, 1.82) is 0 Å². The Kier molecular flexibility index (Phi) is 1.81. The molecule has 2 aromatic rings. The summed E-state index contributed by atoms with van der Waals surface area (Å²) in [7, 11) is 0. The third-order valence-electron chi connectivity index (χ3n) is 3.04. The fourth-order valence-corrected chi connectivity index (χ4v) is 2.19. The summed E-state index contributed by atoms with van der Waals surface area (Å²) in [5, 5.41) is 0. The molecule has 3 rings (SSSR count). The highest BCUT2D eigenvalue weighted by Crippen LogP contribution is 2.33. The summed E-state index contributed by atoms with van der Waals surface area (Å²) >= 11 is 0. The monoisotopic (exact) mass is 238 g/mol. The highest BCUT2D eigenvalue weighted by atomic mass is 19.3. The van der Waals surface area contributed by atoms with Crippen LogP contribution in [0.25, 0.3) is 5.52 Å². The zero-order chi connectivity index (χ0) is 12.2. The minimum Gasteiger partial charge on any atom is -0.326 e. The summed E-state index contributed by atoms with van der Waals surface area (Å²) < 4.78 is 27.9. The normalized spacial score (nSPS) is 18.4. The lowest BCUT2D eigenvalue weighted by Gasteiger charge is -2.20. The van der Waals surface area contributed by atoms with Crippen molar-refractivity contribution in [2.45, 2.75) is 18.8 Å². The molecule has 0 unspecified atom stereocenters. The van der Waals surface area contributed by atoms with Gasteiger partial charge in [0.1, 0.15) is 5.52 Å². The summed E-state index contributed by atoms with van der Waals surface area (Å²) in [6.45, 7) is 0. The van der Waals surface area contributed by atoms with Crippen molar-refractivity contribution >= 4 is 11.3 Å². The van der Waals surface area contributed by atoms with Gasteiger partial charge in [0.25, 0.3) is 5.56 Å². The van der Waals surface area contributed by atoms with Crippen LogP contribution in [0.2, 0.25) is 0 Å². The lowest BCUT2D eigenvalue weighted by atomic mass is 9.93. The second-order valence-corrected chi connectivity index (χ2v) is 4.10. The maximum Gasteiger partial charge on any atom is 0.311 e. The van der Waals surface area contributed by atoms with Crippen molar-refractivity contribution in [3.8, 4) is 0 Å². The third kappa shape index (κ3) is 1.26. The van der Waals surface area contributed by atoms with E-state index in [1.165, 1.54) is 22.9 Å². The van der Waals surface area contributed by atoms with Gasteiger partial charge in [0.15, 0.2) is 0 Å². The largest absolute Gasteiger partial charge is 0.326 e. The van der Waals surface area contributed by atoms with Crippen molar-refractivity contribution in [3.63, 3.8) is 0 Å². The quantitative estimate of drug-likeness (QED) is 0.754. The maximum atomic E-state index is 13.3. The zero-order valence-corrected chi connectivity index (χ0v) is 8.67. The summed E-state index contributed by atoms with van der Waals surface area (Å²) in [5.74, 6) is -4.53. The molecule has 17 heavy (non-hydrogen) atoms. The third-order valence-corrected chi connectivity index (χ3v) is 3.04. The molecule has 0 atom stereocenters. The molecular weight excluding hydrogens is 230 g/mol. The number of fused-ring (bicyclic) bond motifs is 3. The van der Waals surface area contributed by atoms with Gasteiger partial charge in [-0.15, -0.1) is 0 Å². The number of aromatic nitrogens is 2.